The first-order chi connectivity index (χ1) is 7.77. The van der Waals surface area contributed by atoms with Crippen molar-refractivity contribution in [1.82, 2.24) is 9.78 Å². The van der Waals surface area contributed by atoms with E-state index in [0.717, 1.165) is 0 Å². The Labute approximate surface area is 96.5 Å². The molecule has 0 saturated heterocycles. The first-order valence-corrected chi connectivity index (χ1v) is 5.07. The fourth-order valence-electron chi connectivity index (χ4n) is 2.19. The number of nitrogens with two attached hydrogens (primary N) is 1. The molecule has 0 spiro atoms. The largest absolute Gasteiger partial charge is 0.464 e. The zero-order valence-corrected chi connectivity index (χ0v) is 9.54. The topological polar surface area (TPSA) is 70.1 Å². The van der Waals surface area contributed by atoms with E-state index >= 15 is 0 Å². The third-order valence-corrected chi connectivity index (χ3v) is 2.93. The Kier molecular flexibility index (Phi) is 2.46. The molecule has 1 aliphatic rings. The van der Waals surface area contributed by atoms with Crippen molar-refractivity contribution in [2.45, 2.75) is 24.3 Å². The smallest absolute Gasteiger partial charge is 0.358 e. The second-order valence-corrected chi connectivity index (χ2v) is 4.40. The minimum atomic E-state index is -2.73. The quantitative estimate of drug-likeness (QED) is 0.782. The Morgan fingerprint density at radius 1 is 1.59 bits per heavy atom. The molecule has 0 radical (unpaired) electrons. The molecule has 2 rings (SSSR count). The number of ether oxygens (including phenoxy) is 1. The number of aromatic nitrogens is 2. The molecule has 1 fully saturated rings. The van der Waals surface area contributed by atoms with Crippen LogP contribution in [0.25, 0.3) is 0 Å². The number of esters is 1. The Hall–Kier alpha value is -1.50. The molecule has 7 heteroatoms. The summed E-state index contributed by atoms with van der Waals surface area (Å²) < 4.78 is 31.6. The summed E-state index contributed by atoms with van der Waals surface area (Å²) in [6.45, 7) is 0. The van der Waals surface area contributed by atoms with Crippen molar-refractivity contribution >= 4 is 5.97 Å². The van der Waals surface area contributed by atoms with Gasteiger partial charge in [-0.1, -0.05) is 0 Å². The van der Waals surface area contributed by atoms with Gasteiger partial charge in [-0.05, 0) is 6.07 Å². The van der Waals surface area contributed by atoms with E-state index in [1.165, 1.54) is 17.9 Å². The summed E-state index contributed by atoms with van der Waals surface area (Å²) in [5, 5.41) is 3.89. The van der Waals surface area contributed by atoms with Gasteiger partial charge in [0.05, 0.1) is 18.3 Å². The third-order valence-electron chi connectivity index (χ3n) is 2.93. The minimum Gasteiger partial charge on any atom is -0.464 e. The average molecular weight is 245 g/mol. The summed E-state index contributed by atoms with van der Waals surface area (Å²) in [5.41, 5.74) is 5.24. The first kappa shape index (κ1) is 12.0. The summed E-state index contributed by atoms with van der Waals surface area (Å²) in [6, 6.07) is 1.40. The van der Waals surface area contributed by atoms with Gasteiger partial charge in [-0.2, -0.15) is 5.10 Å². The van der Waals surface area contributed by atoms with Crippen molar-refractivity contribution in [3.05, 3.63) is 17.5 Å². The maximum Gasteiger partial charge on any atom is 0.358 e. The summed E-state index contributed by atoms with van der Waals surface area (Å²) in [6.07, 6.45) is -0.861. The molecule has 1 aromatic rings. The van der Waals surface area contributed by atoms with Gasteiger partial charge in [0, 0.05) is 19.9 Å². The number of hydrogen-bond donors (Lipinski definition) is 1. The van der Waals surface area contributed by atoms with Gasteiger partial charge < -0.3 is 10.5 Å². The van der Waals surface area contributed by atoms with Crippen LogP contribution >= 0.6 is 0 Å². The van der Waals surface area contributed by atoms with Crippen molar-refractivity contribution in [3.8, 4) is 0 Å². The Balaban J connectivity index is 2.29. The second kappa shape index (κ2) is 3.49. The first-order valence-electron chi connectivity index (χ1n) is 5.07. The van der Waals surface area contributed by atoms with Crippen LogP contribution in [0.4, 0.5) is 8.78 Å². The SMILES string of the molecule is COC(=O)c1cc(C2(N)CC(F)(F)C2)n(C)n1. The molecular weight excluding hydrogens is 232 g/mol. The Bertz CT molecular complexity index is 462. The van der Waals surface area contributed by atoms with Crippen molar-refractivity contribution in [3.63, 3.8) is 0 Å². The van der Waals surface area contributed by atoms with Crippen LogP contribution in [0, 0.1) is 0 Å². The molecule has 0 atom stereocenters. The molecule has 2 N–H and O–H groups in total. The maximum atomic E-state index is 12.9. The Morgan fingerprint density at radius 2 is 2.18 bits per heavy atom. The maximum absolute atomic E-state index is 12.9. The van der Waals surface area contributed by atoms with Crippen molar-refractivity contribution in [2.75, 3.05) is 7.11 Å². The van der Waals surface area contributed by atoms with Gasteiger partial charge >= 0.3 is 5.97 Å². The van der Waals surface area contributed by atoms with Crippen LogP contribution in [-0.2, 0) is 17.3 Å². The minimum absolute atomic E-state index is 0.0741. The zero-order valence-electron chi connectivity index (χ0n) is 9.54. The Morgan fingerprint density at radius 3 is 2.65 bits per heavy atom. The lowest BCUT2D eigenvalue weighted by Gasteiger charge is -2.44. The summed E-state index contributed by atoms with van der Waals surface area (Å²) in [4.78, 5) is 11.3. The van der Waals surface area contributed by atoms with Crippen LogP contribution in [-0.4, -0.2) is 28.8 Å². The fraction of sp³-hybridized carbons (Fsp3) is 0.600. The number of alkyl halides is 2. The van der Waals surface area contributed by atoms with E-state index in [4.69, 9.17) is 5.73 Å². The number of carbonyl (C=O) groups excluding carboxylic acids is 1. The summed E-state index contributed by atoms with van der Waals surface area (Å²) in [5.74, 6) is -3.34. The van der Waals surface area contributed by atoms with Crippen molar-refractivity contribution in [2.24, 2.45) is 12.8 Å². The van der Waals surface area contributed by atoms with E-state index in [-0.39, 0.29) is 5.69 Å². The van der Waals surface area contributed by atoms with E-state index in [1.54, 1.807) is 7.05 Å². The second-order valence-electron chi connectivity index (χ2n) is 4.40. The number of methoxy groups -OCH3 is 1. The van der Waals surface area contributed by atoms with E-state index in [1.807, 2.05) is 0 Å². The highest BCUT2D eigenvalue weighted by Crippen LogP contribution is 2.49. The van der Waals surface area contributed by atoms with Crippen molar-refractivity contribution < 1.29 is 18.3 Å². The van der Waals surface area contributed by atoms with E-state index in [0.29, 0.717) is 5.69 Å². The molecule has 0 unspecified atom stereocenters. The van der Waals surface area contributed by atoms with Crippen LogP contribution in [0.2, 0.25) is 0 Å². The predicted octanol–water partition coefficient (Wildman–Crippen LogP) is 0.790. The van der Waals surface area contributed by atoms with Gasteiger partial charge in [-0.3, -0.25) is 4.68 Å². The molecule has 0 aromatic carbocycles. The third kappa shape index (κ3) is 1.90. The number of aryl methyl sites for hydroxylation is 1. The molecule has 0 bridgehead atoms. The molecule has 1 saturated carbocycles. The molecule has 17 heavy (non-hydrogen) atoms. The summed E-state index contributed by atoms with van der Waals surface area (Å²) >= 11 is 0. The van der Waals surface area contributed by atoms with E-state index in [9.17, 15) is 13.6 Å². The van der Waals surface area contributed by atoms with Crippen LogP contribution in [0.1, 0.15) is 29.0 Å². The molecular formula is C10H13F2N3O2. The molecule has 5 nitrogen and oxygen atoms in total. The monoisotopic (exact) mass is 245 g/mol. The van der Waals surface area contributed by atoms with Gasteiger partial charge in [0.15, 0.2) is 5.69 Å². The summed E-state index contributed by atoms with van der Waals surface area (Å²) in [7, 11) is 2.79. The number of halogens is 2. The number of hydrogen-bond acceptors (Lipinski definition) is 4. The van der Waals surface area contributed by atoms with Crippen LogP contribution < -0.4 is 5.73 Å². The van der Waals surface area contributed by atoms with Crippen LogP contribution in [0.5, 0.6) is 0 Å². The highest BCUT2D eigenvalue weighted by molar-refractivity contribution is 5.87. The molecule has 0 aliphatic heterocycles. The molecule has 94 valence electrons. The van der Waals surface area contributed by atoms with Crippen molar-refractivity contribution in [1.29, 1.82) is 0 Å². The standard InChI is InChI=1S/C10H13F2N3O2/c1-15-7(3-6(14-15)8(16)17-2)9(13)4-10(11,12)5-9/h3H,4-5,13H2,1-2H3. The van der Waals surface area contributed by atoms with Gasteiger partial charge in [-0.15, -0.1) is 0 Å². The predicted molar refractivity (Wildman–Crippen MR) is 54.6 cm³/mol. The van der Waals surface area contributed by atoms with Crippen LogP contribution in [0.3, 0.4) is 0 Å². The average Bonchev–Trinajstić information content (AvgIpc) is 2.56. The fourth-order valence-corrected chi connectivity index (χ4v) is 2.19. The highest BCUT2D eigenvalue weighted by atomic mass is 19.3. The number of carbonyl (C=O) groups is 1. The van der Waals surface area contributed by atoms with Gasteiger partial charge in [0.2, 0.25) is 0 Å². The molecule has 1 aliphatic carbocycles. The number of rotatable bonds is 2. The molecule has 1 aromatic heterocycles. The lowest BCUT2D eigenvalue weighted by atomic mass is 9.72. The highest BCUT2D eigenvalue weighted by Gasteiger charge is 2.56. The van der Waals surface area contributed by atoms with Gasteiger partial charge in [0.1, 0.15) is 0 Å². The lowest BCUT2D eigenvalue weighted by Crippen LogP contribution is -2.56. The lowest BCUT2D eigenvalue weighted by molar-refractivity contribution is -0.127. The number of nitrogens with zero attached hydrogens (tertiary/aromatic N) is 2. The van der Waals surface area contributed by atoms with E-state index in [2.05, 4.69) is 9.84 Å². The normalized spacial score (nSPS) is 20.8. The zero-order chi connectivity index (χ0) is 12.8. The molecule has 0 amide bonds. The van der Waals surface area contributed by atoms with E-state index < -0.39 is 30.3 Å². The van der Waals surface area contributed by atoms with Crippen LogP contribution in [0.15, 0.2) is 6.07 Å². The molecule has 1 heterocycles. The van der Waals surface area contributed by atoms with Gasteiger partial charge in [0.25, 0.3) is 5.92 Å². The van der Waals surface area contributed by atoms with Gasteiger partial charge in [-0.25, -0.2) is 13.6 Å².